The van der Waals surface area contributed by atoms with Crippen LogP contribution in [0.5, 0.6) is 0 Å². The van der Waals surface area contributed by atoms with Crippen molar-refractivity contribution in [1.82, 2.24) is 14.6 Å². The van der Waals surface area contributed by atoms with E-state index in [1.165, 1.54) is 16.9 Å². The molecule has 0 bridgehead atoms. The highest BCUT2D eigenvalue weighted by Gasteiger charge is 2.11. The smallest absolute Gasteiger partial charge is 0.212 e. The summed E-state index contributed by atoms with van der Waals surface area (Å²) < 4.78 is 1.80. The maximum absolute atomic E-state index is 5.81. The first-order valence-corrected chi connectivity index (χ1v) is 6.64. The summed E-state index contributed by atoms with van der Waals surface area (Å²) in [4.78, 5) is 5.47. The van der Waals surface area contributed by atoms with Gasteiger partial charge in [-0.05, 0) is 13.8 Å². The largest absolute Gasteiger partial charge is 0.322 e. The molecule has 0 amide bonds. The number of nitrogens with two attached hydrogens (primary N) is 1. The number of imidazole rings is 1. The molecule has 2 N–H and O–H groups in total. The zero-order valence-electron chi connectivity index (χ0n) is 10.7. The SMILES string of the molecule is Cc1ccc(-c2cn3nc(C(C)N)sc3n2)cc1.Cl. The van der Waals surface area contributed by atoms with Crippen molar-refractivity contribution in [3.8, 4) is 11.3 Å². The van der Waals surface area contributed by atoms with E-state index >= 15 is 0 Å². The van der Waals surface area contributed by atoms with Crippen LogP contribution < -0.4 is 5.73 Å². The fourth-order valence-corrected chi connectivity index (χ4v) is 2.60. The topological polar surface area (TPSA) is 56.2 Å². The Morgan fingerprint density at radius 1 is 1.26 bits per heavy atom. The van der Waals surface area contributed by atoms with Gasteiger partial charge in [0.1, 0.15) is 5.01 Å². The van der Waals surface area contributed by atoms with Crippen LogP contribution in [0, 0.1) is 6.92 Å². The maximum atomic E-state index is 5.81. The molecule has 1 unspecified atom stereocenters. The van der Waals surface area contributed by atoms with Gasteiger partial charge in [-0.3, -0.25) is 0 Å². The van der Waals surface area contributed by atoms with Gasteiger partial charge in [0.25, 0.3) is 0 Å². The van der Waals surface area contributed by atoms with E-state index < -0.39 is 0 Å². The molecule has 0 spiro atoms. The van der Waals surface area contributed by atoms with Crippen LogP contribution in [0.4, 0.5) is 0 Å². The first-order valence-electron chi connectivity index (χ1n) is 5.82. The summed E-state index contributed by atoms with van der Waals surface area (Å²) in [6, 6.07) is 8.29. The predicted octanol–water partition coefficient (Wildman–Crippen LogP) is 3.21. The number of aryl methyl sites for hydroxylation is 1. The van der Waals surface area contributed by atoms with Gasteiger partial charge < -0.3 is 5.73 Å². The Kier molecular flexibility index (Phi) is 3.89. The van der Waals surface area contributed by atoms with Crippen LogP contribution in [0.25, 0.3) is 16.2 Å². The number of nitrogens with zero attached hydrogens (tertiary/aromatic N) is 3. The molecule has 6 heteroatoms. The van der Waals surface area contributed by atoms with Crippen molar-refractivity contribution >= 4 is 28.7 Å². The summed E-state index contributed by atoms with van der Waals surface area (Å²) in [6.07, 6.45) is 1.95. The standard InChI is InChI=1S/C13H14N4S.ClH/c1-8-3-5-10(6-4-8)11-7-17-13(15-11)18-12(16-17)9(2)14;/h3-7,9H,14H2,1-2H3;1H. The second-order valence-electron chi connectivity index (χ2n) is 4.45. The molecular weight excluding hydrogens is 280 g/mol. The van der Waals surface area contributed by atoms with E-state index in [2.05, 4.69) is 41.3 Å². The summed E-state index contributed by atoms with van der Waals surface area (Å²) in [6.45, 7) is 4.01. The van der Waals surface area contributed by atoms with Gasteiger partial charge in [0.05, 0.1) is 17.9 Å². The van der Waals surface area contributed by atoms with Crippen LogP contribution in [0.3, 0.4) is 0 Å². The number of rotatable bonds is 2. The Bertz CT molecular complexity index is 653. The quantitative estimate of drug-likeness (QED) is 0.789. The number of fused-ring (bicyclic) bond motifs is 1. The lowest BCUT2D eigenvalue weighted by Crippen LogP contribution is -2.04. The average Bonchev–Trinajstić information content (AvgIpc) is 2.87. The van der Waals surface area contributed by atoms with E-state index in [0.717, 1.165) is 21.2 Å². The molecule has 0 fully saturated rings. The normalized spacial score (nSPS) is 12.4. The second-order valence-corrected chi connectivity index (χ2v) is 5.44. The van der Waals surface area contributed by atoms with Gasteiger partial charge in [-0.25, -0.2) is 9.50 Å². The molecule has 1 aromatic carbocycles. The van der Waals surface area contributed by atoms with Gasteiger partial charge in [-0.1, -0.05) is 41.2 Å². The van der Waals surface area contributed by atoms with Crippen LogP contribution >= 0.6 is 23.7 Å². The third kappa shape index (κ3) is 2.63. The lowest BCUT2D eigenvalue weighted by molar-refractivity contribution is 0.769. The number of halogens is 1. The van der Waals surface area contributed by atoms with Crippen LogP contribution in [0.15, 0.2) is 30.5 Å². The summed E-state index contributed by atoms with van der Waals surface area (Å²) in [7, 11) is 0. The lowest BCUT2D eigenvalue weighted by Gasteiger charge is -1.97. The molecule has 3 rings (SSSR count). The Morgan fingerprint density at radius 2 is 1.95 bits per heavy atom. The number of hydrogen-bond donors (Lipinski definition) is 1. The highest BCUT2D eigenvalue weighted by atomic mass is 35.5. The summed E-state index contributed by atoms with van der Waals surface area (Å²) in [5.74, 6) is 0. The summed E-state index contributed by atoms with van der Waals surface area (Å²) in [5.41, 5.74) is 9.12. The molecule has 0 radical (unpaired) electrons. The Balaban J connectivity index is 0.00000133. The monoisotopic (exact) mass is 294 g/mol. The Morgan fingerprint density at radius 3 is 2.53 bits per heavy atom. The summed E-state index contributed by atoms with van der Waals surface area (Å²) >= 11 is 1.54. The van der Waals surface area contributed by atoms with E-state index in [9.17, 15) is 0 Å². The molecule has 100 valence electrons. The van der Waals surface area contributed by atoms with Crippen LogP contribution in [0.2, 0.25) is 0 Å². The van der Waals surface area contributed by atoms with Gasteiger partial charge in [0, 0.05) is 5.56 Å². The molecule has 1 atom stereocenters. The van der Waals surface area contributed by atoms with E-state index in [1.807, 2.05) is 13.1 Å². The third-order valence-corrected chi connectivity index (χ3v) is 3.92. The molecule has 0 aliphatic heterocycles. The molecule has 0 aliphatic rings. The third-order valence-electron chi connectivity index (χ3n) is 2.80. The highest BCUT2D eigenvalue weighted by Crippen LogP contribution is 2.24. The van der Waals surface area contributed by atoms with Crippen molar-refractivity contribution in [3.63, 3.8) is 0 Å². The van der Waals surface area contributed by atoms with E-state index in [1.54, 1.807) is 4.52 Å². The van der Waals surface area contributed by atoms with Crippen molar-refractivity contribution in [2.75, 3.05) is 0 Å². The minimum absolute atomic E-state index is 0. The maximum Gasteiger partial charge on any atom is 0.212 e. The lowest BCUT2D eigenvalue weighted by atomic mass is 10.1. The highest BCUT2D eigenvalue weighted by molar-refractivity contribution is 7.16. The fraction of sp³-hybridized carbons (Fsp3) is 0.231. The van der Waals surface area contributed by atoms with Gasteiger partial charge in [-0.15, -0.1) is 12.4 Å². The van der Waals surface area contributed by atoms with Crippen molar-refractivity contribution < 1.29 is 0 Å². The van der Waals surface area contributed by atoms with Crippen molar-refractivity contribution in [3.05, 3.63) is 41.0 Å². The molecule has 3 aromatic rings. The average molecular weight is 295 g/mol. The Labute approximate surface area is 121 Å². The minimum atomic E-state index is -0.0421. The predicted molar refractivity (Wildman–Crippen MR) is 80.9 cm³/mol. The van der Waals surface area contributed by atoms with E-state index in [-0.39, 0.29) is 18.4 Å². The molecule has 2 aromatic heterocycles. The van der Waals surface area contributed by atoms with Crippen LogP contribution in [-0.4, -0.2) is 14.6 Å². The zero-order valence-corrected chi connectivity index (χ0v) is 12.3. The fourth-order valence-electron chi connectivity index (χ4n) is 1.76. The zero-order chi connectivity index (χ0) is 12.7. The Hall–Kier alpha value is -1.43. The molecular formula is C13H15ClN4S. The molecule has 0 aliphatic carbocycles. The van der Waals surface area contributed by atoms with Gasteiger partial charge >= 0.3 is 0 Å². The minimum Gasteiger partial charge on any atom is -0.322 e. The van der Waals surface area contributed by atoms with Crippen LogP contribution in [0.1, 0.15) is 23.5 Å². The van der Waals surface area contributed by atoms with Crippen molar-refractivity contribution in [2.45, 2.75) is 19.9 Å². The van der Waals surface area contributed by atoms with E-state index in [4.69, 9.17) is 5.73 Å². The van der Waals surface area contributed by atoms with Gasteiger partial charge in [0.2, 0.25) is 4.96 Å². The van der Waals surface area contributed by atoms with Gasteiger partial charge in [-0.2, -0.15) is 5.10 Å². The molecule has 0 saturated carbocycles. The molecule has 19 heavy (non-hydrogen) atoms. The van der Waals surface area contributed by atoms with E-state index in [0.29, 0.717) is 0 Å². The van der Waals surface area contributed by atoms with Gasteiger partial charge in [0.15, 0.2) is 0 Å². The number of benzene rings is 1. The summed E-state index contributed by atoms with van der Waals surface area (Å²) in [5, 5.41) is 5.33. The van der Waals surface area contributed by atoms with Crippen molar-refractivity contribution in [2.24, 2.45) is 5.73 Å². The van der Waals surface area contributed by atoms with Crippen LogP contribution in [-0.2, 0) is 0 Å². The molecule has 2 heterocycles. The molecule has 0 saturated heterocycles. The second kappa shape index (κ2) is 5.28. The first-order chi connectivity index (χ1) is 8.63. The first kappa shape index (κ1) is 14.0. The number of aromatic nitrogens is 3. The number of hydrogen-bond acceptors (Lipinski definition) is 4. The van der Waals surface area contributed by atoms with Crippen molar-refractivity contribution in [1.29, 1.82) is 0 Å². The molecule has 4 nitrogen and oxygen atoms in total.